The first kappa shape index (κ1) is 12.7. The Kier molecular flexibility index (Phi) is 2.55. The highest BCUT2D eigenvalue weighted by molar-refractivity contribution is 5.84. The number of aliphatic carboxylic acids is 2. The summed E-state index contributed by atoms with van der Waals surface area (Å²) in [7, 11) is 1.94. The topological polar surface area (TPSA) is 77.8 Å². The summed E-state index contributed by atoms with van der Waals surface area (Å²) in [5.41, 5.74) is 1.80. The third-order valence-electron chi connectivity index (χ3n) is 5.55. The molecule has 4 atom stereocenters. The van der Waals surface area contributed by atoms with E-state index < -0.39 is 29.3 Å². The molecule has 4 rings (SSSR count). The molecule has 2 bridgehead atoms. The molecule has 2 heterocycles. The van der Waals surface area contributed by atoms with Crippen LogP contribution in [-0.2, 0) is 9.59 Å². The number of fused-ring (bicyclic) bond motifs is 2. The monoisotopic (exact) mass is 265 g/mol. The number of likely N-dealkylation sites (N-methyl/N-ethyl adjacent to an activating group) is 1. The maximum absolute atomic E-state index is 11.7. The normalized spacial score (nSPS) is 41.5. The third kappa shape index (κ3) is 1.34. The first-order valence-electron chi connectivity index (χ1n) is 6.78. The molecule has 1 saturated carbocycles. The Labute approximate surface area is 111 Å². The lowest BCUT2D eigenvalue weighted by atomic mass is 9.56. The molecule has 0 radical (unpaired) electrons. The molecule has 2 aliphatic carbocycles. The molecule has 5 nitrogen and oxygen atoms in total. The highest BCUT2D eigenvalue weighted by atomic mass is 16.4. The van der Waals surface area contributed by atoms with E-state index in [9.17, 15) is 19.8 Å². The predicted octanol–water partition coefficient (Wildman–Crippen LogP) is 1.20. The van der Waals surface area contributed by atoms with E-state index in [1.807, 2.05) is 14.0 Å². The Morgan fingerprint density at radius 2 is 2.00 bits per heavy atom. The second-order valence-corrected chi connectivity index (χ2v) is 6.11. The standard InChI is InChI=1S/C14H19NO4/c1-7-8-6-15(2)14(5-3-4-9(7)14)11(13(18)19)10(8)12(16)17/h8,10-11H,3-6H2,1-2H3,(H,16,17)(H,18,19). The van der Waals surface area contributed by atoms with Gasteiger partial charge >= 0.3 is 11.9 Å². The molecule has 0 aromatic carbocycles. The molecule has 19 heavy (non-hydrogen) atoms. The van der Waals surface area contributed by atoms with Gasteiger partial charge in [0.2, 0.25) is 0 Å². The molecule has 0 aromatic rings. The fourth-order valence-corrected chi connectivity index (χ4v) is 4.85. The van der Waals surface area contributed by atoms with Crippen molar-refractivity contribution in [2.45, 2.75) is 31.7 Å². The maximum Gasteiger partial charge on any atom is 0.309 e. The van der Waals surface area contributed by atoms with Crippen molar-refractivity contribution >= 4 is 11.9 Å². The lowest BCUT2D eigenvalue weighted by Gasteiger charge is -2.58. The summed E-state index contributed by atoms with van der Waals surface area (Å²) < 4.78 is 0. The van der Waals surface area contributed by atoms with E-state index in [0.29, 0.717) is 6.54 Å². The average molecular weight is 265 g/mol. The summed E-state index contributed by atoms with van der Waals surface area (Å²) in [5.74, 6) is -3.67. The Morgan fingerprint density at radius 1 is 1.32 bits per heavy atom. The van der Waals surface area contributed by atoms with Crippen molar-refractivity contribution in [1.82, 2.24) is 4.90 Å². The van der Waals surface area contributed by atoms with E-state index in [0.717, 1.165) is 24.8 Å². The highest BCUT2D eigenvalue weighted by Gasteiger charge is 2.64. The van der Waals surface area contributed by atoms with Gasteiger partial charge in [-0.3, -0.25) is 14.5 Å². The van der Waals surface area contributed by atoms with Gasteiger partial charge in [0.25, 0.3) is 0 Å². The third-order valence-corrected chi connectivity index (χ3v) is 5.55. The van der Waals surface area contributed by atoms with Gasteiger partial charge in [-0.05, 0) is 38.8 Å². The number of nitrogens with zero attached hydrogens (tertiary/aromatic N) is 1. The molecular weight excluding hydrogens is 246 g/mol. The van der Waals surface area contributed by atoms with Crippen LogP contribution in [0.25, 0.3) is 0 Å². The number of carboxylic acid groups (broad SMARTS) is 2. The van der Waals surface area contributed by atoms with E-state index in [2.05, 4.69) is 4.90 Å². The van der Waals surface area contributed by atoms with Crippen LogP contribution in [0.15, 0.2) is 11.1 Å². The first-order chi connectivity index (χ1) is 8.91. The van der Waals surface area contributed by atoms with Crippen LogP contribution in [0.3, 0.4) is 0 Å². The van der Waals surface area contributed by atoms with Crippen LogP contribution in [0.4, 0.5) is 0 Å². The van der Waals surface area contributed by atoms with Gasteiger partial charge in [0.15, 0.2) is 0 Å². The van der Waals surface area contributed by atoms with Crippen molar-refractivity contribution < 1.29 is 19.8 Å². The molecule has 1 spiro atoms. The van der Waals surface area contributed by atoms with Crippen LogP contribution in [0.1, 0.15) is 26.2 Å². The lowest BCUT2D eigenvalue weighted by molar-refractivity contribution is -0.169. The average Bonchev–Trinajstić information content (AvgIpc) is 2.76. The zero-order valence-corrected chi connectivity index (χ0v) is 11.2. The second-order valence-electron chi connectivity index (χ2n) is 6.11. The molecule has 4 aliphatic rings. The molecule has 2 fully saturated rings. The second kappa shape index (κ2) is 3.82. The number of piperidine rings is 1. The van der Waals surface area contributed by atoms with E-state index >= 15 is 0 Å². The Morgan fingerprint density at radius 3 is 2.58 bits per heavy atom. The van der Waals surface area contributed by atoms with Gasteiger partial charge in [0, 0.05) is 12.5 Å². The molecule has 104 valence electrons. The first-order valence-corrected chi connectivity index (χ1v) is 6.78. The lowest BCUT2D eigenvalue weighted by Crippen LogP contribution is -2.67. The van der Waals surface area contributed by atoms with E-state index in [1.165, 1.54) is 5.57 Å². The van der Waals surface area contributed by atoms with Crippen LogP contribution in [0, 0.1) is 17.8 Å². The summed E-state index contributed by atoms with van der Waals surface area (Å²) in [6, 6.07) is 0. The van der Waals surface area contributed by atoms with Crippen molar-refractivity contribution in [3.8, 4) is 0 Å². The van der Waals surface area contributed by atoms with Gasteiger partial charge < -0.3 is 10.2 Å². The molecule has 0 amide bonds. The minimum absolute atomic E-state index is 0.154. The van der Waals surface area contributed by atoms with E-state index in [1.54, 1.807) is 0 Å². The molecule has 4 unspecified atom stereocenters. The Hall–Kier alpha value is -1.36. The fraction of sp³-hybridized carbons (Fsp3) is 0.714. The summed E-state index contributed by atoms with van der Waals surface area (Å²) in [6.45, 7) is 2.66. The van der Waals surface area contributed by atoms with Crippen LogP contribution >= 0.6 is 0 Å². The SMILES string of the molecule is CC1=C2CCCC23C(C(=O)O)C(C(=O)O)C1CN3C. The van der Waals surface area contributed by atoms with Crippen LogP contribution in [-0.4, -0.2) is 46.2 Å². The predicted molar refractivity (Wildman–Crippen MR) is 67.7 cm³/mol. The van der Waals surface area contributed by atoms with E-state index in [-0.39, 0.29) is 5.92 Å². The zero-order valence-electron chi connectivity index (χ0n) is 11.2. The summed E-state index contributed by atoms with van der Waals surface area (Å²) in [4.78, 5) is 25.4. The quantitative estimate of drug-likeness (QED) is 0.734. The zero-order chi connectivity index (χ0) is 13.9. The highest BCUT2D eigenvalue weighted by Crippen LogP contribution is 2.59. The Bertz CT molecular complexity index is 498. The molecule has 1 saturated heterocycles. The molecule has 5 heteroatoms. The minimum Gasteiger partial charge on any atom is -0.481 e. The van der Waals surface area contributed by atoms with Crippen LogP contribution < -0.4 is 0 Å². The van der Waals surface area contributed by atoms with Crippen molar-refractivity contribution in [1.29, 1.82) is 0 Å². The van der Waals surface area contributed by atoms with Crippen LogP contribution in [0.5, 0.6) is 0 Å². The van der Waals surface area contributed by atoms with Crippen molar-refractivity contribution in [2.75, 3.05) is 13.6 Å². The van der Waals surface area contributed by atoms with Crippen molar-refractivity contribution in [3.05, 3.63) is 11.1 Å². The number of rotatable bonds is 2. The molecule has 2 aliphatic heterocycles. The molecule has 0 aromatic heterocycles. The Balaban J connectivity index is 2.23. The number of carboxylic acids is 2. The van der Waals surface area contributed by atoms with Gasteiger partial charge in [-0.2, -0.15) is 0 Å². The van der Waals surface area contributed by atoms with Gasteiger partial charge in [0.05, 0.1) is 17.4 Å². The number of hydrogen-bond acceptors (Lipinski definition) is 3. The summed E-state index contributed by atoms with van der Waals surface area (Å²) in [6.07, 6.45) is 2.65. The number of hydrogen-bond donors (Lipinski definition) is 2. The smallest absolute Gasteiger partial charge is 0.309 e. The molecule has 2 N–H and O–H groups in total. The minimum atomic E-state index is -0.963. The van der Waals surface area contributed by atoms with Crippen molar-refractivity contribution in [2.24, 2.45) is 17.8 Å². The largest absolute Gasteiger partial charge is 0.481 e. The molecular formula is C14H19NO4. The summed E-state index contributed by atoms with van der Waals surface area (Å²) >= 11 is 0. The summed E-state index contributed by atoms with van der Waals surface area (Å²) in [5, 5.41) is 19.1. The number of carbonyl (C=O) groups is 2. The fourth-order valence-electron chi connectivity index (χ4n) is 4.85. The van der Waals surface area contributed by atoms with Gasteiger partial charge in [-0.1, -0.05) is 5.57 Å². The van der Waals surface area contributed by atoms with Gasteiger partial charge in [0.1, 0.15) is 0 Å². The van der Waals surface area contributed by atoms with Gasteiger partial charge in [-0.25, -0.2) is 0 Å². The van der Waals surface area contributed by atoms with Gasteiger partial charge in [-0.15, -0.1) is 0 Å². The van der Waals surface area contributed by atoms with Crippen LogP contribution in [0.2, 0.25) is 0 Å². The maximum atomic E-state index is 11.7. The van der Waals surface area contributed by atoms with E-state index in [4.69, 9.17) is 0 Å². The van der Waals surface area contributed by atoms with Crippen molar-refractivity contribution in [3.63, 3.8) is 0 Å².